The SMILES string of the molecule is CCCCCCCCCCC[C@H](CC(=O)NC1C(OC(=O)C[C@@H](CCCCCCCCCCC)OC(=O)CCCCCCCCC)[C@H](OP(=O)(O)O)C(CO)O[C@H]1OC[C@@H](NC(=O)C[C@@H](CCCCCCCCCCC)OC(=O)CCCCCCCCC)C(=O)O)OC(=O)CCCCCCCCC. The zero-order chi connectivity index (χ0) is 75.8. The molecule has 21 nitrogen and oxygen atoms in total. The fourth-order valence-corrected chi connectivity index (χ4v) is 14.1. The maximum atomic E-state index is 14.8. The Kier molecular flexibility index (Phi) is 62.8. The van der Waals surface area contributed by atoms with E-state index in [0.717, 1.165) is 225 Å². The van der Waals surface area contributed by atoms with Gasteiger partial charge in [0.1, 0.15) is 36.6 Å². The fourth-order valence-electron chi connectivity index (χ4n) is 13.5. The van der Waals surface area contributed by atoms with Crippen LogP contribution in [0.1, 0.15) is 408 Å². The van der Waals surface area contributed by atoms with Crippen LogP contribution in [0.25, 0.3) is 0 Å². The van der Waals surface area contributed by atoms with E-state index < -0.39 is 131 Å². The molecule has 9 atom stereocenters. The van der Waals surface area contributed by atoms with E-state index in [1.165, 1.54) is 44.9 Å². The predicted octanol–water partition coefficient (Wildman–Crippen LogP) is 19.3. The number of amides is 2. The Labute approximate surface area is 624 Å². The van der Waals surface area contributed by atoms with Crippen LogP contribution in [0.5, 0.6) is 0 Å². The predicted molar refractivity (Wildman–Crippen MR) is 407 cm³/mol. The molecule has 1 aliphatic heterocycles. The standard InChI is InChI=1S/C81H151N2O19P/c1-7-13-19-25-31-34-40-43-49-55-66(97-73(87)58-52-46-37-28-22-16-10-4)61-71(85)82-69(80(91)92)65-96-81-77(83-72(86)62-67(56-50-44-41-35-32-26-20-14-8-2)98-74(88)59-53-47-38-29-23-17-11-5)79(78(70(64-84)100-81)102-103(93,94)95)101-76(90)63-68(57-51-45-42-36-33-27-21-15-9-3)99-75(89)60-54-48-39-30-24-18-12-6/h66-70,77-79,81,84H,7-65H2,1-6H3,(H,82,85)(H,83,86)(H,91,92)(H2,93,94,95)/t66-,67-,68-,69-,70?,77?,78-,79?,81-/m1/s1. The molecule has 1 rings (SSSR count). The molecule has 1 aliphatic rings. The number of ether oxygens (including phenoxy) is 6. The zero-order valence-electron chi connectivity index (χ0n) is 65.8. The quantitative estimate of drug-likeness (QED) is 0.0143. The van der Waals surface area contributed by atoms with Gasteiger partial charge in [0.2, 0.25) is 11.8 Å². The third kappa shape index (κ3) is 55.4. The minimum atomic E-state index is -5.56. The number of phosphoric acid groups is 1. The highest BCUT2D eigenvalue weighted by atomic mass is 31.2. The molecule has 103 heavy (non-hydrogen) atoms. The number of aliphatic carboxylic acids is 1. The topological polar surface area (TPSA) is 306 Å². The first-order valence-electron chi connectivity index (χ1n) is 42.1. The van der Waals surface area contributed by atoms with Gasteiger partial charge in [0.05, 0.1) is 32.5 Å². The molecular formula is C81H151N2O19P. The Hall–Kier alpha value is -3.72. The first kappa shape index (κ1) is 97.3. The molecule has 1 saturated heterocycles. The van der Waals surface area contributed by atoms with Crippen LogP contribution >= 0.6 is 7.82 Å². The summed E-state index contributed by atoms with van der Waals surface area (Å²) in [5, 5.41) is 26.9. The molecule has 2 amide bonds. The number of hydrogen-bond donors (Lipinski definition) is 6. The van der Waals surface area contributed by atoms with E-state index in [0.29, 0.717) is 51.4 Å². The van der Waals surface area contributed by atoms with Crippen molar-refractivity contribution in [1.29, 1.82) is 0 Å². The third-order valence-electron chi connectivity index (χ3n) is 19.7. The summed E-state index contributed by atoms with van der Waals surface area (Å²) in [5.41, 5.74) is 0. The average molecular weight is 1490 g/mol. The molecule has 0 bridgehead atoms. The number of carboxylic acid groups (broad SMARTS) is 1. The van der Waals surface area contributed by atoms with Crippen molar-refractivity contribution in [3.63, 3.8) is 0 Å². The summed E-state index contributed by atoms with van der Waals surface area (Å²) in [6, 6.07) is -3.60. The van der Waals surface area contributed by atoms with Gasteiger partial charge in [-0.25, -0.2) is 9.36 Å². The monoisotopic (exact) mass is 1490 g/mol. The molecular weight excluding hydrogens is 1340 g/mol. The van der Waals surface area contributed by atoms with Crippen molar-refractivity contribution in [2.45, 2.75) is 463 Å². The van der Waals surface area contributed by atoms with Gasteiger partial charge in [-0.05, 0) is 57.8 Å². The van der Waals surface area contributed by atoms with Gasteiger partial charge in [-0.1, -0.05) is 311 Å². The van der Waals surface area contributed by atoms with E-state index in [2.05, 4.69) is 52.2 Å². The van der Waals surface area contributed by atoms with Gasteiger partial charge in [-0.2, -0.15) is 0 Å². The van der Waals surface area contributed by atoms with E-state index in [9.17, 15) is 58.1 Å². The molecule has 1 heterocycles. The first-order valence-corrected chi connectivity index (χ1v) is 43.6. The Morgan fingerprint density at radius 3 is 1.01 bits per heavy atom. The van der Waals surface area contributed by atoms with Crippen LogP contribution < -0.4 is 10.6 Å². The Morgan fingerprint density at radius 2 is 0.699 bits per heavy atom. The van der Waals surface area contributed by atoms with Crippen molar-refractivity contribution >= 4 is 49.5 Å². The molecule has 0 spiro atoms. The van der Waals surface area contributed by atoms with Gasteiger partial charge in [-0.3, -0.25) is 33.3 Å². The maximum absolute atomic E-state index is 14.8. The van der Waals surface area contributed by atoms with Crippen molar-refractivity contribution in [3.05, 3.63) is 0 Å². The minimum Gasteiger partial charge on any atom is -0.480 e. The van der Waals surface area contributed by atoms with Crippen molar-refractivity contribution in [1.82, 2.24) is 10.6 Å². The number of carbonyl (C=O) groups excluding carboxylic acids is 6. The molecule has 3 unspecified atom stereocenters. The van der Waals surface area contributed by atoms with E-state index in [1.807, 2.05) is 0 Å². The molecule has 0 radical (unpaired) electrons. The smallest absolute Gasteiger partial charge is 0.470 e. The molecule has 0 aromatic heterocycles. The van der Waals surface area contributed by atoms with E-state index in [4.69, 9.17) is 32.9 Å². The van der Waals surface area contributed by atoms with Crippen LogP contribution in [-0.4, -0.2) is 130 Å². The van der Waals surface area contributed by atoms with Crippen molar-refractivity contribution in [2.75, 3.05) is 13.2 Å². The van der Waals surface area contributed by atoms with Crippen LogP contribution in [0.4, 0.5) is 0 Å². The Balaban J connectivity index is 3.85. The lowest BCUT2D eigenvalue weighted by Crippen LogP contribution is -2.66. The van der Waals surface area contributed by atoms with Gasteiger partial charge in [0, 0.05) is 19.3 Å². The lowest BCUT2D eigenvalue weighted by Gasteiger charge is -2.45. The molecule has 22 heteroatoms. The molecule has 1 fully saturated rings. The summed E-state index contributed by atoms with van der Waals surface area (Å²) >= 11 is 0. The molecule has 0 aromatic carbocycles. The van der Waals surface area contributed by atoms with Crippen molar-refractivity contribution in [2.24, 2.45) is 0 Å². The number of unbranched alkanes of at least 4 members (excludes halogenated alkanes) is 42. The van der Waals surface area contributed by atoms with Gasteiger partial charge in [0.25, 0.3) is 0 Å². The minimum absolute atomic E-state index is 0.125. The molecule has 6 N–H and O–H groups in total. The van der Waals surface area contributed by atoms with E-state index >= 15 is 0 Å². The van der Waals surface area contributed by atoms with Gasteiger partial charge >= 0.3 is 37.7 Å². The van der Waals surface area contributed by atoms with Crippen molar-refractivity contribution < 1.29 is 91.1 Å². The number of aliphatic hydroxyl groups is 1. The number of carboxylic acids is 1. The van der Waals surface area contributed by atoms with E-state index in [1.54, 1.807) is 0 Å². The first-order chi connectivity index (χ1) is 49.8. The van der Waals surface area contributed by atoms with Crippen LogP contribution in [-0.2, 0) is 71.1 Å². The second-order valence-corrected chi connectivity index (χ2v) is 30.7. The summed E-state index contributed by atoms with van der Waals surface area (Å²) in [6.07, 6.45) is 38.1. The second kappa shape index (κ2) is 66.5. The molecule has 0 aliphatic carbocycles. The molecule has 0 saturated carbocycles. The van der Waals surface area contributed by atoms with Crippen molar-refractivity contribution in [3.8, 4) is 0 Å². The number of nitrogens with one attached hydrogen (secondary N) is 2. The summed E-state index contributed by atoms with van der Waals surface area (Å²) in [5.74, 6) is -5.54. The normalized spacial score (nSPS) is 17.3. The number of hydrogen-bond acceptors (Lipinski definition) is 16. The second-order valence-electron chi connectivity index (χ2n) is 29.5. The van der Waals surface area contributed by atoms with E-state index in [-0.39, 0.29) is 32.1 Å². The number of esters is 4. The average Bonchev–Trinajstić information content (AvgIpc) is 0.781. The van der Waals surface area contributed by atoms with Gasteiger partial charge < -0.3 is 59.1 Å². The number of phosphoric ester groups is 1. The molecule has 604 valence electrons. The highest BCUT2D eigenvalue weighted by Crippen LogP contribution is 2.42. The summed E-state index contributed by atoms with van der Waals surface area (Å²) in [7, 11) is -5.56. The van der Waals surface area contributed by atoms with Crippen LogP contribution in [0.15, 0.2) is 0 Å². The summed E-state index contributed by atoms with van der Waals surface area (Å²) in [6.45, 7) is 11.1. The summed E-state index contributed by atoms with van der Waals surface area (Å²) in [4.78, 5) is 118. The maximum Gasteiger partial charge on any atom is 0.470 e. The largest absolute Gasteiger partial charge is 0.480 e. The Bertz CT molecular complexity index is 2170. The highest BCUT2D eigenvalue weighted by molar-refractivity contribution is 7.46. The van der Waals surface area contributed by atoms with Gasteiger partial charge in [0.15, 0.2) is 18.4 Å². The zero-order valence-corrected chi connectivity index (χ0v) is 66.7. The van der Waals surface area contributed by atoms with Gasteiger partial charge in [-0.15, -0.1) is 0 Å². The number of aliphatic hydroxyl groups excluding tert-OH is 1. The van der Waals surface area contributed by atoms with Crippen LogP contribution in [0.2, 0.25) is 0 Å². The van der Waals surface area contributed by atoms with Crippen LogP contribution in [0, 0.1) is 0 Å². The lowest BCUT2D eigenvalue weighted by molar-refractivity contribution is -0.272. The summed E-state index contributed by atoms with van der Waals surface area (Å²) < 4.78 is 54.9. The molecule has 0 aromatic rings. The number of rotatable bonds is 73. The third-order valence-corrected chi connectivity index (χ3v) is 20.2. The van der Waals surface area contributed by atoms with Crippen LogP contribution in [0.3, 0.4) is 0 Å². The Morgan fingerprint density at radius 1 is 0.398 bits per heavy atom. The number of carbonyl (C=O) groups is 7. The lowest BCUT2D eigenvalue weighted by atomic mass is 9.95. The fraction of sp³-hybridized carbons (Fsp3) is 0.914. The highest BCUT2D eigenvalue weighted by Gasteiger charge is 2.52.